The van der Waals surface area contributed by atoms with E-state index >= 15 is 0 Å². The number of amides is 1. The maximum Gasteiger partial charge on any atom is 0.222 e. The molecule has 0 aromatic heterocycles. The quantitative estimate of drug-likeness (QED) is 0.537. The minimum Gasteiger partial charge on any atom is -0.379 e. The van der Waals surface area contributed by atoms with Crippen LogP contribution in [-0.4, -0.2) is 86.2 Å². The minimum absolute atomic E-state index is 0.238. The Bertz CT molecular complexity index is 423. The Labute approximate surface area is 145 Å². The summed E-state index contributed by atoms with van der Waals surface area (Å²) < 4.78 is 5.41. The summed E-state index contributed by atoms with van der Waals surface area (Å²) in [5.41, 5.74) is 0. The van der Waals surface area contributed by atoms with Crippen molar-refractivity contribution in [2.75, 3.05) is 52.5 Å². The molecule has 2 fully saturated rings. The average molecular weight is 339 g/mol. The van der Waals surface area contributed by atoms with Crippen molar-refractivity contribution in [2.45, 2.75) is 45.7 Å². The molecule has 0 aliphatic carbocycles. The maximum absolute atomic E-state index is 11.8. The van der Waals surface area contributed by atoms with Gasteiger partial charge in [0, 0.05) is 51.2 Å². The summed E-state index contributed by atoms with van der Waals surface area (Å²) >= 11 is 0. The van der Waals surface area contributed by atoms with E-state index in [0.717, 1.165) is 64.9 Å². The Hall–Kier alpha value is -1.34. The Kier molecular flexibility index (Phi) is 7.78. The second-order valence-electron chi connectivity index (χ2n) is 6.54. The third kappa shape index (κ3) is 5.63. The fourth-order valence-corrected chi connectivity index (χ4v) is 3.20. The first-order valence-electron chi connectivity index (χ1n) is 9.28. The zero-order valence-corrected chi connectivity index (χ0v) is 15.4. The van der Waals surface area contributed by atoms with E-state index in [1.807, 2.05) is 11.8 Å². The van der Waals surface area contributed by atoms with Gasteiger partial charge in [0.1, 0.15) is 0 Å². The number of hydrogen-bond donors (Lipinski definition) is 2. The number of nitrogens with one attached hydrogen (secondary N) is 2. The van der Waals surface area contributed by atoms with E-state index in [0.29, 0.717) is 12.5 Å². The average Bonchev–Trinajstić information content (AvgIpc) is 3.08. The SMILES string of the molecule is CCNC(=NCC(C)N1CCOCC1)NC1CCN(C(=O)CC)C1. The van der Waals surface area contributed by atoms with Crippen LogP contribution in [0.2, 0.25) is 0 Å². The molecule has 2 aliphatic rings. The lowest BCUT2D eigenvalue weighted by molar-refractivity contribution is -0.129. The lowest BCUT2D eigenvalue weighted by atomic mass is 10.2. The van der Waals surface area contributed by atoms with Crippen LogP contribution in [0, 0.1) is 0 Å². The van der Waals surface area contributed by atoms with Gasteiger partial charge in [-0.25, -0.2) is 0 Å². The highest BCUT2D eigenvalue weighted by atomic mass is 16.5. The van der Waals surface area contributed by atoms with Gasteiger partial charge in [-0.3, -0.25) is 14.7 Å². The summed E-state index contributed by atoms with van der Waals surface area (Å²) in [6.45, 7) is 13.0. The molecule has 2 N–H and O–H groups in total. The molecule has 0 aromatic carbocycles. The van der Waals surface area contributed by atoms with Crippen molar-refractivity contribution in [1.82, 2.24) is 20.4 Å². The first-order chi connectivity index (χ1) is 11.6. The van der Waals surface area contributed by atoms with E-state index in [2.05, 4.69) is 29.4 Å². The molecule has 7 heteroatoms. The highest BCUT2D eigenvalue weighted by molar-refractivity contribution is 5.80. The third-order valence-electron chi connectivity index (χ3n) is 4.71. The van der Waals surface area contributed by atoms with Gasteiger partial charge in [-0.2, -0.15) is 0 Å². The van der Waals surface area contributed by atoms with Crippen molar-refractivity contribution in [1.29, 1.82) is 0 Å². The van der Waals surface area contributed by atoms with Crippen molar-refractivity contribution in [3.8, 4) is 0 Å². The Morgan fingerprint density at radius 2 is 2.04 bits per heavy atom. The van der Waals surface area contributed by atoms with Gasteiger partial charge in [-0.15, -0.1) is 0 Å². The van der Waals surface area contributed by atoms with Crippen LogP contribution in [0.3, 0.4) is 0 Å². The molecule has 0 bridgehead atoms. The number of guanidine groups is 1. The molecule has 1 amide bonds. The number of hydrogen-bond acceptors (Lipinski definition) is 4. The first-order valence-corrected chi connectivity index (χ1v) is 9.28. The number of carbonyl (C=O) groups is 1. The van der Waals surface area contributed by atoms with E-state index in [1.165, 1.54) is 0 Å². The highest BCUT2D eigenvalue weighted by Gasteiger charge is 2.26. The van der Waals surface area contributed by atoms with Gasteiger partial charge in [0.05, 0.1) is 19.8 Å². The van der Waals surface area contributed by atoms with Crippen LogP contribution in [-0.2, 0) is 9.53 Å². The number of carbonyl (C=O) groups excluding carboxylic acids is 1. The molecule has 138 valence electrons. The van der Waals surface area contributed by atoms with Gasteiger partial charge in [0.25, 0.3) is 0 Å². The molecular weight excluding hydrogens is 306 g/mol. The molecule has 2 unspecified atom stereocenters. The molecule has 0 aromatic rings. The summed E-state index contributed by atoms with van der Waals surface area (Å²) in [7, 11) is 0. The number of aliphatic imine (C=N–C) groups is 1. The van der Waals surface area contributed by atoms with Crippen LogP contribution in [0.1, 0.15) is 33.6 Å². The molecule has 2 saturated heterocycles. The van der Waals surface area contributed by atoms with Crippen LogP contribution < -0.4 is 10.6 Å². The number of ether oxygens (including phenoxy) is 1. The summed E-state index contributed by atoms with van der Waals surface area (Å²) in [6, 6.07) is 0.697. The van der Waals surface area contributed by atoms with Crippen LogP contribution >= 0.6 is 0 Å². The monoisotopic (exact) mass is 339 g/mol. The van der Waals surface area contributed by atoms with E-state index in [9.17, 15) is 4.79 Å². The van der Waals surface area contributed by atoms with Crippen LogP contribution in [0.4, 0.5) is 0 Å². The standard InChI is InChI=1S/C17H33N5O2/c1-4-16(23)22-7-6-15(13-22)20-17(18-5-2)19-12-14(3)21-8-10-24-11-9-21/h14-15H,4-13H2,1-3H3,(H2,18,19,20). The predicted molar refractivity (Wildman–Crippen MR) is 96.2 cm³/mol. The Balaban J connectivity index is 1.83. The van der Waals surface area contributed by atoms with Gasteiger partial charge in [-0.05, 0) is 20.3 Å². The van der Waals surface area contributed by atoms with Crippen molar-refractivity contribution in [3.05, 3.63) is 0 Å². The lowest BCUT2D eigenvalue weighted by Crippen LogP contribution is -2.47. The van der Waals surface area contributed by atoms with E-state index < -0.39 is 0 Å². The molecule has 2 heterocycles. The molecule has 2 aliphatic heterocycles. The molecule has 0 radical (unpaired) electrons. The lowest BCUT2D eigenvalue weighted by Gasteiger charge is -2.31. The second kappa shape index (κ2) is 9.84. The summed E-state index contributed by atoms with van der Waals surface area (Å²) in [6.07, 6.45) is 1.56. The topological polar surface area (TPSA) is 69.2 Å². The predicted octanol–water partition coefficient (Wildman–Crippen LogP) is 0.273. The zero-order chi connectivity index (χ0) is 17.4. The van der Waals surface area contributed by atoms with Crippen LogP contribution in [0.25, 0.3) is 0 Å². The van der Waals surface area contributed by atoms with Gasteiger partial charge >= 0.3 is 0 Å². The second-order valence-corrected chi connectivity index (χ2v) is 6.54. The Morgan fingerprint density at radius 3 is 2.71 bits per heavy atom. The summed E-state index contributed by atoms with van der Waals surface area (Å²) in [5, 5.41) is 6.80. The molecule has 0 saturated carbocycles. The normalized spacial score (nSPS) is 24.0. The van der Waals surface area contributed by atoms with E-state index in [4.69, 9.17) is 9.73 Å². The Morgan fingerprint density at radius 1 is 1.29 bits per heavy atom. The van der Waals surface area contributed by atoms with Crippen molar-refractivity contribution < 1.29 is 9.53 Å². The number of likely N-dealkylation sites (tertiary alicyclic amines) is 1. The number of rotatable bonds is 6. The molecular formula is C17H33N5O2. The van der Waals surface area contributed by atoms with Gasteiger partial charge < -0.3 is 20.3 Å². The highest BCUT2D eigenvalue weighted by Crippen LogP contribution is 2.10. The van der Waals surface area contributed by atoms with Gasteiger partial charge in [-0.1, -0.05) is 6.92 Å². The minimum atomic E-state index is 0.238. The molecule has 2 atom stereocenters. The van der Waals surface area contributed by atoms with E-state index in [-0.39, 0.29) is 11.9 Å². The third-order valence-corrected chi connectivity index (χ3v) is 4.71. The molecule has 2 rings (SSSR count). The fourth-order valence-electron chi connectivity index (χ4n) is 3.20. The zero-order valence-electron chi connectivity index (χ0n) is 15.4. The number of nitrogens with zero attached hydrogens (tertiary/aromatic N) is 3. The van der Waals surface area contributed by atoms with Crippen LogP contribution in [0.5, 0.6) is 0 Å². The largest absolute Gasteiger partial charge is 0.379 e. The van der Waals surface area contributed by atoms with Crippen molar-refractivity contribution in [3.63, 3.8) is 0 Å². The van der Waals surface area contributed by atoms with Crippen molar-refractivity contribution >= 4 is 11.9 Å². The smallest absolute Gasteiger partial charge is 0.222 e. The first kappa shape index (κ1) is 19.0. The molecule has 24 heavy (non-hydrogen) atoms. The molecule has 0 spiro atoms. The van der Waals surface area contributed by atoms with E-state index in [1.54, 1.807) is 0 Å². The summed E-state index contributed by atoms with van der Waals surface area (Å²) in [5.74, 6) is 1.09. The maximum atomic E-state index is 11.8. The van der Waals surface area contributed by atoms with Crippen LogP contribution in [0.15, 0.2) is 4.99 Å². The van der Waals surface area contributed by atoms with Gasteiger partial charge in [0.2, 0.25) is 5.91 Å². The number of morpholine rings is 1. The molecule has 7 nitrogen and oxygen atoms in total. The fraction of sp³-hybridized carbons (Fsp3) is 0.882. The van der Waals surface area contributed by atoms with Gasteiger partial charge in [0.15, 0.2) is 5.96 Å². The summed E-state index contributed by atoms with van der Waals surface area (Å²) in [4.78, 5) is 20.9. The van der Waals surface area contributed by atoms with Crippen molar-refractivity contribution in [2.24, 2.45) is 4.99 Å².